The summed E-state index contributed by atoms with van der Waals surface area (Å²) in [7, 11) is -3.80. The average Bonchev–Trinajstić information content (AvgIpc) is 3.48. The molecule has 0 aromatic heterocycles. The number of allylic oxidation sites excluding steroid dienone is 1. The number of benzene rings is 2. The van der Waals surface area contributed by atoms with E-state index in [0.717, 1.165) is 12.8 Å². The monoisotopic (exact) mass is 402 g/mol. The minimum Gasteiger partial charge on any atom is -0.510 e. The van der Waals surface area contributed by atoms with E-state index < -0.39 is 15.7 Å². The summed E-state index contributed by atoms with van der Waals surface area (Å²) in [6, 6.07) is 13.3. The molecule has 0 aliphatic heterocycles. The number of rotatable bonds is 5. The van der Waals surface area contributed by atoms with Gasteiger partial charge in [-0.05, 0) is 49.2 Å². The number of anilines is 1. The van der Waals surface area contributed by atoms with Gasteiger partial charge in [0.2, 0.25) is 9.84 Å². The van der Waals surface area contributed by atoms with Gasteiger partial charge in [-0.3, -0.25) is 4.79 Å². The van der Waals surface area contributed by atoms with Crippen molar-refractivity contribution in [2.45, 2.75) is 22.6 Å². The highest BCUT2D eigenvalue weighted by atomic mass is 35.5. The molecule has 3 rings (SSSR count). The smallest absolute Gasteiger partial charge is 0.269 e. The van der Waals surface area contributed by atoms with E-state index in [1.54, 1.807) is 18.2 Å². The van der Waals surface area contributed by atoms with Crippen LogP contribution in [0.2, 0.25) is 5.02 Å². The van der Waals surface area contributed by atoms with Crippen LogP contribution in [-0.2, 0) is 14.6 Å². The third-order valence-electron chi connectivity index (χ3n) is 4.11. The second-order valence-corrected chi connectivity index (χ2v) is 8.38. The molecular formula is C19H15ClN2O4S. The van der Waals surface area contributed by atoms with Gasteiger partial charge in [0.15, 0.2) is 5.57 Å². The van der Waals surface area contributed by atoms with E-state index in [-0.39, 0.29) is 32.1 Å². The van der Waals surface area contributed by atoms with Gasteiger partial charge in [0.25, 0.3) is 5.91 Å². The number of carbonyl (C=O) groups excluding carboxylic acids is 1. The van der Waals surface area contributed by atoms with Crippen molar-refractivity contribution in [2.24, 2.45) is 5.92 Å². The van der Waals surface area contributed by atoms with Crippen molar-refractivity contribution in [3.05, 3.63) is 64.9 Å². The summed E-state index contributed by atoms with van der Waals surface area (Å²) in [5, 5.41) is 21.6. The van der Waals surface area contributed by atoms with Crippen molar-refractivity contribution < 1.29 is 18.3 Å². The van der Waals surface area contributed by atoms with Gasteiger partial charge in [0.1, 0.15) is 11.8 Å². The molecule has 6 nitrogen and oxygen atoms in total. The van der Waals surface area contributed by atoms with E-state index >= 15 is 0 Å². The van der Waals surface area contributed by atoms with Gasteiger partial charge in [0.05, 0.1) is 14.8 Å². The number of hydrogen-bond donors (Lipinski definition) is 2. The number of aliphatic hydroxyl groups excluding tert-OH is 1. The van der Waals surface area contributed by atoms with Gasteiger partial charge >= 0.3 is 0 Å². The average molecular weight is 403 g/mol. The number of halogens is 1. The lowest BCUT2D eigenvalue weighted by Crippen LogP contribution is -2.16. The molecule has 138 valence electrons. The summed E-state index contributed by atoms with van der Waals surface area (Å²) in [6.07, 6.45) is 1.50. The predicted octanol–water partition coefficient (Wildman–Crippen LogP) is 3.86. The first-order valence-electron chi connectivity index (χ1n) is 8.09. The topological polar surface area (TPSA) is 107 Å². The van der Waals surface area contributed by atoms with Gasteiger partial charge in [0, 0.05) is 11.6 Å². The van der Waals surface area contributed by atoms with Crippen molar-refractivity contribution >= 4 is 33.0 Å². The molecule has 1 aliphatic carbocycles. The Morgan fingerprint density at radius 2 is 1.78 bits per heavy atom. The number of carbonyl (C=O) groups is 1. The van der Waals surface area contributed by atoms with E-state index in [0.29, 0.717) is 5.69 Å². The van der Waals surface area contributed by atoms with Crippen molar-refractivity contribution in [3.63, 3.8) is 0 Å². The van der Waals surface area contributed by atoms with Gasteiger partial charge in [-0.15, -0.1) is 0 Å². The Balaban J connectivity index is 1.82. The number of aliphatic hydroxyl groups is 1. The zero-order chi connectivity index (χ0) is 19.6. The van der Waals surface area contributed by atoms with Crippen LogP contribution in [-0.4, -0.2) is 19.4 Å². The van der Waals surface area contributed by atoms with Crippen LogP contribution in [0.15, 0.2) is 69.7 Å². The summed E-state index contributed by atoms with van der Waals surface area (Å²) in [5.41, 5.74) is -0.0280. The van der Waals surface area contributed by atoms with Crippen LogP contribution in [0.4, 0.5) is 5.69 Å². The zero-order valence-electron chi connectivity index (χ0n) is 14.0. The number of nitrogens with one attached hydrogen (secondary N) is 1. The van der Waals surface area contributed by atoms with Crippen LogP contribution >= 0.6 is 11.6 Å². The molecule has 0 unspecified atom stereocenters. The lowest BCUT2D eigenvalue weighted by molar-refractivity contribution is -0.112. The van der Waals surface area contributed by atoms with Crippen molar-refractivity contribution in [1.82, 2.24) is 0 Å². The van der Waals surface area contributed by atoms with Crippen LogP contribution in [0.3, 0.4) is 0 Å². The third-order valence-corrected chi connectivity index (χ3v) is 6.38. The molecular weight excluding hydrogens is 388 g/mol. The molecule has 0 saturated heterocycles. The number of sulfone groups is 1. The Kier molecular flexibility index (Phi) is 5.22. The van der Waals surface area contributed by atoms with Crippen molar-refractivity contribution in [2.75, 3.05) is 5.32 Å². The quantitative estimate of drug-likeness (QED) is 0.448. The van der Waals surface area contributed by atoms with Gasteiger partial charge < -0.3 is 10.4 Å². The van der Waals surface area contributed by atoms with Crippen LogP contribution < -0.4 is 5.32 Å². The molecule has 0 spiro atoms. The molecule has 1 saturated carbocycles. The first-order valence-corrected chi connectivity index (χ1v) is 9.95. The van der Waals surface area contributed by atoms with Crippen LogP contribution in [0.5, 0.6) is 0 Å². The predicted molar refractivity (Wildman–Crippen MR) is 100.0 cm³/mol. The first-order chi connectivity index (χ1) is 12.8. The van der Waals surface area contributed by atoms with Crippen LogP contribution in [0, 0.1) is 17.2 Å². The summed E-state index contributed by atoms with van der Waals surface area (Å²) < 4.78 is 25.3. The van der Waals surface area contributed by atoms with E-state index in [2.05, 4.69) is 5.32 Å². The fourth-order valence-corrected chi connectivity index (χ4v) is 4.26. The minimum absolute atomic E-state index is 0.00694. The second-order valence-electron chi connectivity index (χ2n) is 6.06. The highest BCUT2D eigenvalue weighted by Gasteiger charge is 2.31. The third kappa shape index (κ3) is 3.97. The Morgan fingerprint density at radius 1 is 1.15 bits per heavy atom. The molecule has 2 aromatic carbocycles. The number of amides is 1. The highest BCUT2D eigenvalue weighted by molar-refractivity contribution is 7.91. The number of hydrogen-bond acceptors (Lipinski definition) is 5. The maximum Gasteiger partial charge on any atom is 0.269 e. The first kappa shape index (κ1) is 19.0. The van der Waals surface area contributed by atoms with E-state index in [9.17, 15) is 18.3 Å². The fourth-order valence-electron chi connectivity index (χ4n) is 2.49. The summed E-state index contributed by atoms with van der Waals surface area (Å²) in [6.45, 7) is 0. The molecule has 27 heavy (non-hydrogen) atoms. The molecule has 0 radical (unpaired) electrons. The molecule has 1 fully saturated rings. The van der Waals surface area contributed by atoms with Gasteiger partial charge in [-0.1, -0.05) is 23.7 Å². The summed E-state index contributed by atoms with van der Waals surface area (Å²) in [5.74, 6) is -1.06. The van der Waals surface area contributed by atoms with E-state index in [4.69, 9.17) is 16.9 Å². The lowest BCUT2D eigenvalue weighted by atomic mass is 10.1. The fraction of sp³-hybridized carbons (Fsp3) is 0.158. The molecule has 1 amide bonds. The SMILES string of the molecule is N#CC(C(=O)Nc1ccc(S(=O)(=O)c2ccccc2Cl)cc1)=C(O)C1CC1. The second kappa shape index (κ2) is 7.43. The Labute approximate surface area is 161 Å². The van der Waals surface area contributed by atoms with Crippen molar-refractivity contribution in [1.29, 1.82) is 5.26 Å². The normalized spacial score (nSPS) is 14.8. The van der Waals surface area contributed by atoms with Crippen LogP contribution in [0.25, 0.3) is 0 Å². The van der Waals surface area contributed by atoms with E-state index in [1.807, 2.05) is 0 Å². The number of nitrogens with zero attached hydrogens (tertiary/aromatic N) is 1. The summed E-state index contributed by atoms with van der Waals surface area (Å²) in [4.78, 5) is 12.2. The highest BCUT2D eigenvalue weighted by Crippen LogP contribution is 2.36. The molecule has 2 aromatic rings. The molecule has 0 heterocycles. The Hall–Kier alpha value is -2.82. The summed E-state index contributed by atoms with van der Waals surface area (Å²) >= 11 is 5.97. The Bertz CT molecular complexity index is 1070. The van der Waals surface area contributed by atoms with Crippen LogP contribution in [0.1, 0.15) is 12.8 Å². The largest absolute Gasteiger partial charge is 0.510 e. The molecule has 0 bridgehead atoms. The number of nitriles is 1. The van der Waals surface area contributed by atoms with Gasteiger partial charge in [-0.25, -0.2) is 8.42 Å². The molecule has 8 heteroatoms. The zero-order valence-corrected chi connectivity index (χ0v) is 15.6. The molecule has 2 N–H and O–H groups in total. The molecule has 0 atom stereocenters. The van der Waals surface area contributed by atoms with Crippen molar-refractivity contribution in [3.8, 4) is 6.07 Å². The maximum absolute atomic E-state index is 12.7. The van der Waals surface area contributed by atoms with Gasteiger partial charge in [-0.2, -0.15) is 5.26 Å². The Morgan fingerprint density at radius 3 is 2.33 bits per heavy atom. The maximum atomic E-state index is 12.7. The minimum atomic E-state index is -3.80. The van der Waals surface area contributed by atoms with E-state index in [1.165, 1.54) is 36.4 Å². The molecule has 1 aliphatic rings. The standard InChI is InChI=1S/C19H15ClN2O4S/c20-16-3-1-2-4-17(16)27(25,26)14-9-7-13(8-10-14)22-19(24)15(11-21)18(23)12-5-6-12/h1-4,7-10,12,23H,5-6H2,(H,22,24). The lowest BCUT2D eigenvalue weighted by Gasteiger charge is -2.09.